The molecular weight excluding hydrogens is 261 g/mol. The minimum Gasteiger partial charge on any atom is -0.462 e. The van der Waals surface area contributed by atoms with Crippen LogP contribution in [0.5, 0.6) is 0 Å². The van der Waals surface area contributed by atoms with Crippen molar-refractivity contribution in [3.63, 3.8) is 0 Å². The Morgan fingerprint density at radius 1 is 1.42 bits per heavy atom. The van der Waals surface area contributed by atoms with Crippen LogP contribution in [0.1, 0.15) is 22.8 Å². The molecule has 0 radical (unpaired) electrons. The molecule has 19 heavy (non-hydrogen) atoms. The minimum atomic E-state index is -4.57. The highest BCUT2D eigenvalue weighted by Gasteiger charge is 2.35. The van der Waals surface area contributed by atoms with Crippen molar-refractivity contribution in [2.75, 3.05) is 12.3 Å². The van der Waals surface area contributed by atoms with Crippen LogP contribution in [0.2, 0.25) is 0 Å². The predicted octanol–water partition coefficient (Wildman–Crippen LogP) is 2.95. The van der Waals surface area contributed by atoms with Crippen molar-refractivity contribution >= 4 is 22.7 Å². The maximum absolute atomic E-state index is 12.9. The first-order chi connectivity index (χ1) is 8.86. The van der Waals surface area contributed by atoms with Crippen molar-refractivity contribution in [1.29, 1.82) is 0 Å². The number of nitrogens with one attached hydrogen (secondary N) is 1. The number of aromatic nitrogens is 1. The van der Waals surface area contributed by atoms with Gasteiger partial charge in [0, 0.05) is 10.9 Å². The molecule has 0 atom stereocenters. The number of alkyl halides is 3. The van der Waals surface area contributed by atoms with Gasteiger partial charge >= 0.3 is 12.1 Å². The maximum Gasteiger partial charge on any atom is 0.417 e. The smallest absolute Gasteiger partial charge is 0.417 e. The Balaban J connectivity index is 2.76. The van der Waals surface area contributed by atoms with Gasteiger partial charge in [0.2, 0.25) is 0 Å². The maximum atomic E-state index is 12.9. The number of aromatic amines is 1. The number of esters is 1. The normalized spacial score (nSPS) is 11.8. The number of fused-ring (bicyclic) bond motifs is 1. The fourth-order valence-electron chi connectivity index (χ4n) is 1.92. The molecule has 1 aromatic carbocycles. The first kappa shape index (κ1) is 13.3. The number of anilines is 1. The third-order valence-electron chi connectivity index (χ3n) is 2.64. The van der Waals surface area contributed by atoms with E-state index in [0.717, 1.165) is 6.07 Å². The zero-order valence-electron chi connectivity index (χ0n) is 9.97. The van der Waals surface area contributed by atoms with Crippen LogP contribution in [0.4, 0.5) is 19.0 Å². The molecule has 0 aliphatic carbocycles. The fraction of sp³-hybridized carbons (Fsp3) is 0.250. The first-order valence-electron chi connectivity index (χ1n) is 5.50. The average molecular weight is 272 g/mol. The molecule has 1 aromatic heterocycles. The average Bonchev–Trinajstić information content (AvgIpc) is 2.63. The monoisotopic (exact) mass is 272 g/mol. The van der Waals surface area contributed by atoms with E-state index in [4.69, 9.17) is 10.5 Å². The predicted molar refractivity (Wildman–Crippen MR) is 63.7 cm³/mol. The number of nitrogens with two attached hydrogens (primary N) is 1. The van der Waals surface area contributed by atoms with Gasteiger partial charge in [-0.15, -0.1) is 0 Å². The van der Waals surface area contributed by atoms with E-state index in [0.29, 0.717) is 0 Å². The Labute approximate surface area is 106 Å². The second-order valence-corrected chi connectivity index (χ2v) is 3.86. The second kappa shape index (κ2) is 4.49. The quantitative estimate of drug-likeness (QED) is 0.826. The highest BCUT2D eigenvalue weighted by molar-refractivity contribution is 6.10. The summed E-state index contributed by atoms with van der Waals surface area (Å²) in [6.45, 7) is 1.62. The lowest BCUT2D eigenvalue weighted by molar-refractivity contribution is -0.136. The topological polar surface area (TPSA) is 68.1 Å². The van der Waals surface area contributed by atoms with Gasteiger partial charge in [-0.3, -0.25) is 0 Å². The van der Waals surface area contributed by atoms with Gasteiger partial charge in [0.15, 0.2) is 0 Å². The summed E-state index contributed by atoms with van der Waals surface area (Å²) in [6, 6.07) is 3.57. The van der Waals surface area contributed by atoms with Crippen LogP contribution in [0.15, 0.2) is 18.2 Å². The van der Waals surface area contributed by atoms with Gasteiger partial charge < -0.3 is 15.5 Å². The number of ether oxygens (including phenoxy) is 1. The highest BCUT2D eigenvalue weighted by Crippen LogP contribution is 2.38. The molecule has 3 N–H and O–H groups in total. The van der Waals surface area contributed by atoms with E-state index in [1.807, 2.05) is 0 Å². The summed E-state index contributed by atoms with van der Waals surface area (Å²) in [5.74, 6) is -1.01. The summed E-state index contributed by atoms with van der Waals surface area (Å²) < 4.78 is 43.6. The molecule has 0 aliphatic rings. The molecule has 0 spiro atoms. The van der Waals surface area contributed by atoms with Crippen LogP contribution in [-0.2, 0) is 10.9 Å². The second-order valence-electron chi connectivity index (χ2n) is 3.86. The molecule has 1 heterocycles. The zero-order valence-corrected chi connectivity index (χ0v) is 9.97. The molecule has 0 bridgehead atoms. The summed E-state index contributed by atoms with van der Waals surface area (Å²) in [6.07, 6.45) is -4.57. The van der Waals surface area contributed by atoms with Crippen LogP contribution in [0.3, 0.4) is 0 Å². The molecule has 0 unspecified atom stereocenters. The van der Waals surface area contributed by atoms with Crippen LogP contribution in [0.25, 0.3) is 10.9 Å². The van der Waals surface area contributed by atoms with Crippen molar-refractivity contribution in [1.82, 2.24) is 4.98 Å². The van der Waals surface area contributed by atoms with E-state index in [9.17, 15) is 18.0 Å². The van der Waals surface area contributed by atoms with Gasteiger partial charge in [0.05, 0.1) is 12.2 Å². The largest absolute Gasteiger partial charge is 0.462 e. The number of hydrogen-bond acceptors (Lipinski definition) is 3. The van der Waals surface area contributed by atoms with Gasteiger partial charge in [-0.05, 0) is 19.1 Å². The van der Waals surface area contributed by atoms with E-state index < -0.39 is 17.7 Å². The van der Waals surface area contributed by atoms with Crippen molar-refractivity contribution in [2.24, 2.45) is 0 Å². The van der Waals surface area contributed by atoms with Crippen LogP contribution in [-0.4, -0.2) is 17.6 Å². The lowest BCUT2D eigenvalue weighted by atomic mass is 10.1. The zero-order chi connectivity index (χ0) is 14.2. The van der Waals surface area contributed by atoms with E-state index in [2.05, 4.69) is 4.98 Å². The number of benzene rings is 1. The molecule has 0 amide bonds. The van der Waals surface area contributed by atoms with E-state index in [-0.39, 0.29) is 28.9 Å². The summed E-state index contributed by atoms with van der Waals surface area (Å²) in [5, 5.41) is -0.258. The van der Waals surface area contributed by atoms with Crippen molar-refractivity contribution in [3.8, 4) is 0 Å². The van der Waals surface area contributed by atoms with Gasteiger partial charge in [-0.25, -0.2) is 4.79 Å². The highest BCUT2D eigenvalue weighted by atomic mass is 19.4. The molecule has 0 aliphatic heterocycles. The Hall–Kier alpha value is -2.18. The van der Waals surface area contributed by atoms with Gasteiger partial charge in [-0.2, -0.15) is 13.2 Å². The van der Waals surface area contributed by atoms with E-state index in [1.54, 1.807) is 6.92 Å². The molecular formula is C12H11F3N2O2. The number of carbonyl (C=O) groups excluding carboxylic acids is 1. The van der Waals surface area contributed by atoms with Crippen LogP contribution < -0.4 is 5.73 Å². The number of nitrogen functional groups attached to an aromatic ring is 1. The first-order valence-corrected chi connectivity index (χ1v) is 5.50. The molecule has 102 valence electrons. The third kappa shape index (κ3) is 2.23. The molecule has 0 saturated heterocycles. The number of halogens is 3. The Kier molecular flexibility index (Phi) is 3.13. The van der Waals surface area contributed by atoms with Crippen LogP contribution >= 0.6 is 0 Å². The Morgan fingerprint density at radius 3 is 2.68 bits per heavy atom. The van der Waals surface area contributed by atoms with Crippen molar-refractivity contribution in [3.05, 3.63) is 29.3 Å². The molecule has 4 nitrogen and oxygen atoms in total. The van der Waals surface area contributed by atoms with Crippen molar-refractivity contribution in [2.45, 2.75) is 13.1 Å². The van der Waals surface area contributed by atoms with Crippen molar-refractivity contribution < 1.29 is 22.7 Å². The third-order valence-corrected chi connectivity index (χ3v) is 2.64. The lowest BCUT2D eigenvalue weighted by Crippen LogP contribution is -2.10. The van der Waals surface area contributed by atoms with E-state index in [1.165, 1.54) is 12.1 Å². The van der Waals surface area contributed by atoms with Gasteiger partial charge in [-0.1, -0.05) is 6.07 Å². The fourth-order valence-corrected chi connectivity index (χ4v) is 1.92. The van der Waals surface area contributed by atoms with Gasteiger partial charge in [0.1, 0.15) is 11.4 Å². The number of rotatable bonds is 2. The van der Waals surface area contributed by atoms with E-state index >= 15 is 0 Å². The summed E-state index contributed by atoms with van der Waals surface area (Å²) in [4.78, 5) is 14.3. The Bertz CT molecular complexity index is 632. The Morgan fingerprint density at radius 2 is 2.11 bits per heavy atom. The summed E-state index contributed by atoms with van der Waals surface area (Å²) in [5.41, 5.74) is 4.53. The number of carbonyl (C=O) groups is 1. The molecule has 2 aromatic rings. The molecule has 0 fully saturated rings. The van der Waals surface area contributed by atoms with Crippen LogP contribution in [0, 0.1) is 0 Å². The summed E-state index contributed by atoms with van der Waals surface area (Å²) >= 11 is 0. The molecule has 2 rings (SSSR count). The standard InChI is InChI=1S/C12H11F3N2O2/c1-2-19-11(18)9-8-6(12(13,14)15)4-3-5-7(8)17-10(9)16/h3-5,17H,2,16H2,1H3. The molecule has 7 heteroatoms. The minimum absolute atomic E-state index is 0.0547. The van der Waals surface area contributed by atoms with Gasteiger partial charge in [0.25, 0.3) is 0 Å². The number of H-pyrrole nitrogens is 1. The number of hydrogen-bond donors (Lipinski definition) is 2. The molecule has 0 saturated carbocycles. The lowest BCUT2D eigenvalue weighted by Gasteiger charge is -2.09. The summed E-state index contributed by atoms with van der Waals surface area (Å²) in [7, 11) is 0. The SMILES string of the molecule is CCOC(=O)c1c(N)[nH]c2cccc(C(F)(F)F)c12.